The fraction of sp³-hybridized carbons (Fsp3) is 1.00. The molecule has 0 radical (unpaired) electrons. The molecule has 1 saturated carbocycles. The molecule has 0 aromatic carbocycles. The maximum atomic E-state index is 12.0. The summed E-state index contributed by atoms with van der Waals surface area (Å²) in [5.74, 6) is 0. The van der Waals surface area contributed by atoms with E-state index in [1.54, 1.807) is 0 Å². The normalized spacial score (nSPS) is 29.1. The molecule has 1 aliphatic rings. The van der Waals surface area contributed by atoms with Gasteiger partial charge in [0.25, 0.3) is 0 Å². The van der Waals surface area contributed by atoms with E-state index in [4.69, 9.17) is 0 Å². The molecule has 0 unspecified atom stereocenters. The van der Waals surface area contributed by atoms with Crippen LogP contribution in [-0.4, -0.2) is 31.2 Å². The molecule has 4 nitrogen and oxygen atoms in total. The van der Waals surface area contributed by atoms with Crippen LogP contribution in [0.5, 0.6) is 0 Å². The van der Waals surface area contributed by atoms with Crippen LogP contribution in [-0.2, 0) is 10.0 Å². The third-order valence-corrected chi connectivity index (χ3v) is 3.56. The van der Waals surface area contributed by atoms with Crippen molar-refractivity contribution in [3.05, 3.63) is 0 Å². The predicted molar refractivity (Wildman–Crippen MR) is 46.4 cm³/mol. The SMILES string of the molecule is O=S(=O)(N[C@H]1CCCC[C@@H]1O)C(F)(F)F. The quantitative estimate of drug-likeness (QED) is 0.756. The molecule has 2 atom stereocenters. The molecule has 0 amide bonds. The molecule has 15 heavy (non-hydrogen) atoms. The molecule has 0 aromatic rings. The van der Waals surface area contributed by atoms with Gasteiger partial charge in [-0.15, -0.1) is 0 Å². The molecule has 8 heteroatoms. The number of aliphatic hydroxyl groups is 1. The van der Waals surface area contributed by atoms with Crippen LogP contribution in [0.1, 0.15) is 25.7 Å². The Hall–Kier alpha value is -0.340. The zero-order chi connectivity index (χ0) is 11.7. The van der Waals surface area contributed by atoms with E-state index in [0.29, 0.717) is 19.3 Å². The van der Waals surface area contributed by atoms with Gasteiger partial charge in [-0.3, -0.25) is 0 Å². The lowest BCUT2D eigenvalue weighted by Gasteiger charge is -2.28. The van der Waals surface area contributed by atoms with Crippen LogP contribution in [0, 0.1) is 0 Å². The third-order valence-electron chi connectivity index (χ3n) is 2.34. The van der Waals surface area contributed by atoms with Crippen LogP contribution in [0.25, 0.3) is 0 Å². The molecule has 0 bridgehead atoms. The summed E-state index contributed by atoms with van der Waals surface area (Å²) in [5.41, 5.74) is -5.32. The van der Waals surface area contributed by atoms with Gasteiger partial charge in [0.2, 0.25) is 0 Å². The smallest absolute Gasteiger partial charge is 0.391 e. The maximum Gasteiger partial charge on any atom is 0.511 e. The van der Waals surface area contributed by atoms with Crippen LogP contribution in [0.2, 0.25) is 0 Å². The van der Waals surface area contributed by atoms with Gasteiger partial charge in [-0.1, -0.05) is 12.8 Å². The lowest BCUT2D eigenvalue weighted by molar-refractivity contribution is -0.0458. The highest BCUT2D eigenvalue weighted by Crippen LogP contribution is 2.25. The van der Waals surface area contributed by atoms with Crippen LogP contribution in [0.4, 0.5) is 13.2 Å². The van der Waals surface area contributed by atoms with Gasteiger partial charge < -0.3 is 5.11 Å². The summed E-state index contributed by atoms with van der Waals surface area (Å²) >= 11 is 0. The summed E-state index contributed by atoms with van der Waals surface area (Å²) in [6, 6.07) is -1.02. The molecule has 0 aromatic heterocycles. The second-order valence-corrected chi connectivity index (χ2v) is 5.23. The molecule has 0 aliphatic heterocycles. The highest BCUT2D eigenvalue weighted by molar-refractivity contribution is 7.90. The standard InChI is InChI=1S/C7H12F3NO3S/c8-7(9,10)15(13,14)11-5-3-1-2-4-6(5)12/h5-6,11-12H,1-4H2/t5-,6-/m0/s1. The lowest BCUT2D eigenvalue weighted by atomic mass is 9.93. The zero-order valence-corrected chi connectivity index (χ0v) is 8.61. The number of aliphatic hydroxyl groups excluding tert-OH is 1. The van der Waals surface area contributed by atoms with E-state index in [-0.39, 0.29) is 6.42 Å². The van der Waals surface area contributed by atoms with E-state index in [1.165, 1.54) is 4.72 Å². The average molecular weight is 247 g/mol. The van der Waals surface area contributed by atoms with E-state index in [9.17, 15) is 26.7 Å². The Morgan fingerprint density at radius 2 is 1.73 bits per heavy atom. The van der Waals surface area contributed by atoms with E-state index in [2.05, 4.69) is 0 Å². The van der Waals surface area contributed by atoms with Crippen molar-refractivity contribution in [1.29, 1.82) is 0 Å². The minimum atomic E-state index is -5.34. The second-order valence-electron chi connectivity index (χ2n) is 3.53. The molecular formula is C7H12F3NO3S. The first kappa shape index (κ1) is 12.7. The van der Waals surface area contributed by atoms with E-state index >= 15 is 0 Å². The molecule has 1 aliphatic carbocycles. The summed E-state index contributed by atoms with van der Waals surface area (Å²) in [6.45, 7) is 0. The highest BCUT2D eigenvalue weighted by Gasteiger charge is 2.47. The van der Waals surface area contributed by atoms with E-state index in [1.807, 2.05) is 0 Å². The maximum absolute atomic E-state index is 12.0. The number of nitrogens with one attached hydrogen (secondary N) is 1. The minimum Gasteiger partial charge on any atom is -0.391 e. The fourth-order valence-corrected chi connectivity index (χ4v) is 2.32. The van der Waals surface area contributed by atoms with Crippen LogP contribution < -0.4 is 4.72 Å². The molecule has 0 heterocycles. The van der Waals surface area contributed by atoms with Gasteiger partial charge in [-0.25, -0.2) is 13.1 Å². The Morgan fingerprint density at radius 1 is 1.20 bits per heavy atom. The number of sulfonamides is 1. The second kappa shape index (κ2) is 4.26. The number of alkyl halides is 3. The van der Waals surface area contributed by atoms with Gasteiger partial charge in [0.05, 0.1) is 6.10 Å². The van der Waals surface area contributed by atoms with Crippen molar-refractivity contribution < 1.29 is 26.7 Å². The first-order valence-electron chi connectivity index (χ1n) is 4.51. The van der Waals surface area contributed by atoms with Crippen LogP contribution >= 0.6 is 0 Å². The number of rotatable bonds is 2. The van der Waals surface area contributed by atoms with E-state index < -0.39 is 27.7 Å². The number of hydrogen-bond acceptors (Lipinski definition) is 3. The van der Waals surface area contributed by atoms with Gasteiger partial charge >= 0.3 is 15.5 Å². The monoisotopic (exact) mass is 247 g/mol. The molecule has 90 valence electrons. The third kappa shape index (κ3) is 3.05. The van der Waals surface area contributed by atoms with Crippen molar-refractivity contribution in [2.24, 2.45) is 0 Å². The van der Waals surface area contributed by atoms with Crippen molar-refractivity contribution in [1.82, 2.24) is 4.72 Å². The summed E-state index contributed by atoms with van der Waals surface area (Å²) < 4.78 is 58.9. The van der Waals surface area contributed by atoms with Crippen molar-refractivity contribution >= 4 is 10.0 Å². The van der Waals surface area contributed by atoms with Crippen molar-refractivity contribution in [2.75, 3.05) is 0 Å². The minimum absolute atomic E-state index is 0.233. The Labute approximate surface area is 85.5 Å². The fourth-order valence-electron chi connectivity index (χ4n) is 1.51. The van der Waals surface area contributed by atoms with Gasteiger partial charge in [0, 0.05) is 6.04 Å². The summed E-state index contributed by atoms with van der Waals surface area (Å²) in [6.07, 6.45) is 0.838. The largest absolute Gasteiger partial charge is 0.511 e. The molecule has 1 fully saturated rings. The summed E-state index contributed by atoms with van der Waals surface area (Å²) in [4.78, 5) is 0. The average Bonchev–Trinajstić information content (AvgIpc) is 2.06. The predicted octanol–water partition coefficient (Wildman–Crippen LogP) is 0.729. The zero-order valence-electron chi connectivity index (χ0n) is 7.79. The summed E-state index contributed by atoms with van der Waals surface area (Å²) in [5, 5.41) is 9.30. The van der Waals surface area contributed by atoms with Crippen molar-refractivity contribution in [3.63, 3.8) is 0 Å². The Morgan fingerprint density at radius 3 is 2.20 bits per heavy atom. The van der Waals surface area contributed by atoms with Gasteiger partial charge in [0.15, 0.2) is 0 Å². The molecular weight excluding hydrogens is 235 g/mol. The number of hydrogen-bond donors (Lipinski definition) is 2. The van der Waals surface area contributed by atoms with Crippen LogP contribution in [0.15, 0.2) is 0 Å². The lowest BCUT2D eigenvalue weighted by Crippen LogP contribution is -2.49. The van der Waals surface area contributed by atoms with Gasteiger partial charge in [0.1, 0.15) is 0 Å². The van der Waals surface area contributed by atoms with Crippen LogP contribution in [0.3, 0.4) is 0 Å². The Bertz CT molecular complexity index is 314. The number of halogens is 3. The Kier molecular flexibility index (Phi) is 3.62. The highest BCUT2D eigenvalue weighted by atomic mass is 32.2. The molecule has 2 N–H and O–H groups in total. The first-order chi connectivity index (χ1) is 6.74. The topological polar surface area (TPSA) is 66.4 Å². The van der Waals surface area contributed by atoms with E-state index in [0.717, 1.165) is 0 Å². The Balaban J connectivity index is 2.69. The van der Waals surface area contributed by atoms with Gasteiger partial charge in [-0.2, -0.15) is 13.2 Å². The first-order valence-corrected chi connectivity index (χ1v) is 5.99. The van der Waals surface area contributed by atoms with Crippen molar-refractivity contribution in [2.45, 2.75) is 43.3 Å². The molecule has 1 rings (SSSR count). The van der Waals surface area contributed by atoms with Crippen molar-refractivity contribution in [3.8, 4) is 0 Å². The molecule has 0 spiro atoms. The summed E-state index contributed by atoms with van der Waals surface area (Å²) in [7, 11) is -5.34. The van der Waals surface area contributed by atoms with Gasteiger partial charge in [-0.05, 0) is 12.8 Å². The molecule has 0 saturated heterocycles.